The van der Waals surface area contributed by atoms with E-state index in [2.05, 4.69) is 6.07 Å². The Morgan fingerprint density at radius 3 is 2.50 bits per heavy atom. The smallest absolute Gasteiger partial charge is 0.311 e. The molecule has 0 heterocycles. The summed E-state index contributed by atoms with van der Waals surface area (Å²) in [5, 5.41) is 9.37. The summed E-state index contributed by atoms with van der Waals surface area (Å²) in [6.45, 7) is 5.51. The third kappa shape index (κ3) is 2.24. The van der Waals surface area contributed by atoms with Crippen molar-refractivity contribution in [2.45, 2.75) is 38.2 Å². The van der Waals surface area contributed by atoms with Crippen molar-refractivity contribution in [3.63, 3.8) is 0 Å². The number of carbonyl (C=O) groups excluding carboxylic acids is 1. The van der Waals surface area contributed by atoms with E-state index in [9.17, 15) is 10.1 Å². The van der Waals surface area contributed by atoms with Crippen LogP contribution in [0.5, 0.6) is 0 Å². The van der Waals surface area contributed by atoms with E-state index < -0.39 is 11.0 Å². The molecule has 1 saturated carbocycles. The third-order valence-electron chi connectivity index (χ3n) is 3.14. The van der Waals surface area contributed by atoms with Crippen LogP contribution in [0.15, 0.2) is 30.3 Å². The SMILES string of the molecule is CC(C)(C)OC(=O)[C@@H]1C[C@]1(C#N)c1ccccc1. The number of hydrogen-bond donors (Lipinski definition) is 0. The van der Waals surface area contributed by atoms with Crippen molar-refractivity contribution >= 4 is 5.97 Å². The fourth-order valence-corrected chi connectivity index (χ4v) is 2.16. The monoisotopic (exact) mass is 243 g/mol. The van der Waals surface area contributed by atoms with Crippen LogP contribution < -0.4 is 0 Å². The van der Waals surface area contributed by atoms with Crippen LogP contribution in [0.1, 0.15) is 32.8 Å². The molecule has 0 aliphatic heterocycles. The van der Waals surface area contributed by atoms with Crippen LogP contribution in [0.4, 0.5) is 0 Å². The van der Waals surface area contributed by atoms with Crippen LogP contribution in [0, 0.1) is 17.2 Å². The normalized spacial score (nSPS) is 26.2. The summed E-state index contributed by atoms with van der Waals surface area (Å²) in [7, 11) is 0. The lowest BCUT2D eigenvalue weighted by molar-refractivity contribution is -0.156. The van der Waals surface area contributed by atoms with Crippen molar-refractivity contribution in [1.82, 2.24) is 0 Å². The van der Waals surface area contributed by atoms with E-state index in [0.717, 1.165) is 5.56 Å². The fraction of sp³-hybridized carbons (Fsp3) is 0.467. The number of carbonyl (C=O) groups is 1. The molecule has 2 rings (SSSR count). The molecule has 0 spiro atoms. The predicted octanol–water partition coefficient (Wildman–Crippen LogP) is 2.81. The molecule has 18 heavy (non-hydrogen) atoms. The minimum atomic E-state index is -0.677. The molecule has 1 aliphatic rings. The first-order valence-corrected chi connectivity index (χ1v) is 6.09. The van der Waals surface area contributed by atoms with Gasteiger partial charge in [0, 0.05) is 0 Å². The number of esters is 1. The summed E-state index contributed by atoms with van der Waals surface area (Å²) in [5.41, 5.74) is -0.274. The Morgan fingerprint density at radius 1 is 1.39 bits per heavy atom. The van der Waals surface area contributed by atoms with Gasteiger partial charge in [0.1, 0.15) is 5.60 Å². The summed E-state index contributed by atoms with van der Waals surface area (Å²) < 4.78 is 5.35. The van der Waals surface area contributed by atoms with Gasteiger partial charge in [-0.05, 0) is 32.8 Å². The highest BCUT2D eigenvalue weighted by Gasteiger charge is 2.61. The van der Waals surface area contributed by atoms with Crippen LogP contribution >= 0.6 is 0 Å². The van der Waals surface area contributed by atoms with E-state index in [1.807, 2.05) is 51.1 Å². The highest BCUT2D eigenvalue weighted by molar-refractivity contribution is 5.81. The van der Waals surface area contributed by atoms with Gasteiger partial charge in [0.05, 0.1) is 17.4 Å². The van der Waals surface area contributed by atoms with Crippen LogP contribution in [0.25, 0.3) is 0 Å². The summed E-state index contributed by atoms with van der Waals surface area (Å²) in [5.74, 6) is -0.600. The standard InChI is InChI=1S/C15H17NO2/c1-14(2,3)18-13(17)12-9-15(12,10-16)11-7-5-4-6-8-11/h4-8,12H,9H2,1-3H3/t12-,15-/m0/s1. The molecule has 3 heteroatoms. The van der Waals surface area contributed by atoms with Crippen molar-refractivity contribution in [2.24, 2.45) is 5.92 Å². The highest BCUT2D eigenvalue weighted by atomic mass is 16.6. The Morgan fingerprint density at radius 2 is 2.00 bits per heavy atom. The predicted molar refractivity (Wildman–Crippen MR) is 67.7 cm³/mol. The summed E-state index contributed by atoms with van der Waals surface area (Å²) in [6, 6.07) is 11.8. The number of ether oxygens (including phenoxy) is 1. The molecule has 0 saturated heterocycles. The first-order chi connectivity index (χ1) is 8.39. The van der Waals surface area contributed by atoms with E-state index in [4.69, 9.17) is 4.74 Å². The first-order valence-electron chi connectivity index (χ1n) is 6.09. The Labute approximate surface area is 107 Å². The maximum absolute atomic E-state index is 12.0. The second-order valence-electron chi connectivity index (χ2n) is 5.74. The van der Waals surface area contributed by atoms with Gasteiger partial charge in [0.25, 0.3) is 0 Å². The van der Waals surface area contributed by atoms with Gasteiger partial charge in [-0.15, -0.1) is 0 Å². The third-order valence-corrected chi connectivity index (χ3v) is 3.14. The molecule has 0 radical (unpaired) electrons. The van der Waals surface area contributed by atoms with Crippen LogP contribution in [0.2, 0.25) is 0 Å². The van der Waals surface area contributed by atoms with Gasteiger partial charge < -0.3 is 4.74 Å². The molecule has 94 valence electrons. The molecular weight excluding hydrogens is 226 g/mol. The molecule has 1 aromatic carbocycles. The van der Waals surface area contributed by atoms with Gasteiger partial charge in [-0.25, -0.2) is 0 Å². The number of benzene rings is 1. The maximum Gasteiger partial charge on any atom is 0.311 e. The van der Waals surface area contributed by atoms with Crippen LogP contribution in [-0.4, -0.2) is 11.6 Å². The number of rotatable bonds is 2. The van der Waals surface area contributed by atoms with Crippen LogP contribution in [-0.2, 0) is 14.9 Å². The zero-order valence-electron chi connectivity index (χ0n) is 10.9. The molecule has 0 unspecified atom stereocenters. The molecule has 1 aliphatic carbocycles. The van der Waals surface area contributed by atoms with E-state index in [-0.39, 0.29) is 11.9 Å². The topological polar surface area (TPSA) is 50.1 Å². The zero-order valence-corrected chi connectivity index (χ0v) is 10.9. The highest BCUT2D eigenvalue weighted by Crippen LogP contribution is 2.54. The van der Waals surface area contributed by atoms with Gasteiger partial charge >= 0.3 is 5.97 Å². The van der Waals surface area contributed by atoms with Gasteiger partial charge in [-0.2, -0.15) is 5.26 Å². The largest absolute Gasteiger partial charge is 0.460 e. The molecule has 0 bridgehead atoms. The average Bonchev–Trinajstić information content (AvgIpc) is 3.04. The lowest BCUT2D eigenvalue weighted by atomic mass is 9.95. The Balaban J connectivity index is 2.17. The number of nitrogens with zero attached hydrogens (tertiary/aromatic N) is 1. The lowest BCUT2D eigenvalue weighted by Crippen LogP contribution is -2.27. The zero-order chi connectivity index (χ0) is 13.4. The molecule has 0 aromatic heterocycles. The number of hydrogen-bond acceptors (Lipinski definition) is 3. The van der Waals surface area contributed by atoms with Crippen molar-refractivity contribution in [1.29, 1.82) is 5.26 Å². The molecular formula is C15H17NO2. The van der Waals surface area contributed by atoms with Crippen molar-refractivity contribution < 1.29 is 9.53 Å². The second kappa shape index (κ2) is 4.13. The quantitative estimate of drug-likeness (QED) is 0.750. The molecule has 3 nitrogen and oxygen atoms in total. The first kappa shape index (κ1) is 12.6. The second-order valence-corrected chi connectivity index (χ2v) is 5.74. The Bertz CT molecular complexity index is 495. The fourth-order valence-electron chi connectivity index (χ4n) is 2.16. The number of nitriles is 1. The van der Waals surface area contributed by atoms with Crippen molar-refractivity contribution in [3.8, 4) is 6.07 Å². The Kier molecular flexibility index (Phi) is 2.90. The van der Waals surface area contributed by atoms with Crippen LogP contribution in [0.3, 0.4) is 0 Å². The van der Waals surface area contributed by atoms with E-state index >= 15 is 0 Å². The van der Waals surface area contributed by atoms with Gasteiger partial charge in [0.15, 0.2) is 0 Å². The minimum absolute atomic E-state index is 0.270. The van der Waals surface area contributed by atoms with E-state index in [1.165, 1.54) is 0 Å². The average molecular weight is 243 g/mol. The summed E-state index contributed by atoms with van der Waals surface area (Å²) in [6.07, 6.45) is 0.558. The van der Waals surface area contributed by atoms with Gasteiger partial charge in [-0.1, -0.05) is 30.3 Å². The molecule has 1 fully saturated rings. The van der Waals surface area contributed by atoms with Gasteiger partial charge in [0.2, 0.25) is 0 Å². The molecule has 2 atom stereocenters. The maximum atomic E-state index is 12.0. The molecule has 0 amide bonds. The minimum Gasteiger partial charge on any atom is -0.460 e. The van der Waals surface area contributed by atoms with Crippen molar-refractivity contribution in [3.05, 3.63) is 35.9 Å². The Hall–Kier alpha value is -1.82. The molecule has 1 aromatic rings. The summed E-state index contributed by atoms with van der Waals surface area (Å²) in [4.78, 5) is 12.0. The lowest BCUT2D eigenvalue weighted by Gasteiger charge is -2.20. The van der Waals surface area contributed by atoms with Gasteiger partial charge in [-0.3, -0.25) is 4.79 Å². The summed E-state index contributed by atoms with van der Waals surface area (Å²) >= 11 is 0. The molecule has 0 N–H and O–H groups in total. The van der Waals surface area contributed by atoms with Crippen molar-refractivity contribution in [2.75, 3.05) is 0 Å². The van der Waals surface area contributed by atoms with E-state index in [0.29, 0.717) is 6.42 Å². The van der Waals surface area contributed by atoms with E-state index in [1.54, 1.807) is 0 Å².